The molecule has 0 amide bonds. The molecule has 18 heavy (non-hydrogen) atoms. The molecule has 1 aliphatic heterocycles. The molecule has 1 saturated heterocycles. The van der Waals surface area contributed by atoms with Crippen molar-refractivity contribution < 1.29 is 0 Å². The van der Waals surface area contributed by atoms with Gasteiger partial charge in [-0.15, -0.1) is 0 Å². The summed E-state index contributed by atoms with van der Waals surface area (Å²) < 4.78 is 0. The van der Waals surface area contributed by atoms with E-state index in [1.807, 2.05) is 7.05 Å². The fourth-order valence-corrected chi connectivity index (χ4v) is 2.78. The minimum atomic E-state index is 0.613. The lowest BCUT2D eigenvalue weighted by Gasteiger charge is -2.44. The van der Waals surface area contributed by atoms with Crippen molar-refractivity contribution in [3.05, 3.63) is 35.9 Å². The lowest BCUT2D eigenvalue weighted by atomic mass is 10.1. The number of piperazine rings is 1. The summed E-state index contributed by atoms with van der Waals surface area (Å²) in [5.41, 5.74) is 1.41. The van der Waals surface area contributed by atoms with Crippen molar-refractivity contribution in [3.8, 4) is 0 Å². The van der Waals surface area contributed by atoms with Gasteiger partial charge in [0.15, 0.2) is 0 Å². The van der Waals surface area contributed by atoms with Gasteiger partial charge in [-0.2, -0.15) is 0 Å². The second-order valence-corrected chi connectivity index (χ2v) is 5.41. The van der Waals surface area contributed by atoms with Gasteiger partial charge in [0, 0.05) is 38.3 Å². The van der Waals surface area contributed by atoms with Gasteiger partial charge in [-0.25, -0.2) is 0 Å². The van der Waals surface area contributed by atoms with Gasteiger partial charge in [0.05, 0.1) is 0 Å². The Balaban J connectivity index is 1.97. The van der Waals surface area contributed by atoms with E-state index < -0.39 is 0 Å². The summed E-state index contributed by atoms with van der Waals surface area (Å²) >= 11 is 0. The minimum absolute atomic E-state index is 0.613. The highest BCUT2D eigenvalue weighted by Gasteiger charge is 2.28. The van der Waals surface area contributed by atoms with E-state index >= 15 is 0 Å². The van der Waals surface area contributed by atoms with E-state index in [2.05, 4.69) is 59.4 Å². The van der Waals surface area contributed by atoms with E-state index in [1.165, 1.54) is 5.56 Å². The molecule has 1 aromatic carbocycles. The molecule has 0 aliphatic carbocycles. The average molecular weight is 247 g/mol. The number of likely N-dealkylation sites (N-methyl/N-ethyl adjacent to an activating group) is 2. The lowest BCUT2D eigenvalue weighted by Crippen LogP contribution is -2.58. The monoisotopic (exact) mass is 247 g/mol. The predicted molar refractivity (Wildman–Crippen MR) is 76.7 cm³/mol. The largest absolute Gasteiger partial charge is 0.318 e. The smallest absolute Gasteiger partial charge is 0.0348 e. The van der Waals surface area contributed by atoms with Crippen LogP contribution in [0, 0.1) is 0 Å². The molecule has 3 nitrogen and oxygen atoms in total. The van der Waals surface area contributed by atoms with Gasteiger partial charge in [-0.1, -0.05) is 30.3 Å². The molecule has 0 saturated carbocycles. The van der Waals surface area contributed by atoms with Crippen LogP contribution in [0.15, 0.2) is 30.3 Å². The Morgan fingerprint density at radius 2 is 1.94 bits per heavy atom. The minimum Gasteiger partial charge on any atom is -0.318 e. The Morgan fingerprint density at radius 3 is 2.61 bits per heavy atom. The van der Waals surface area contributed by atoms with Gasteiger partial charge in [0.2, 0.25) is 0 Å². The third kappa shape index (κ3) is 3.31. The third-order valence-corrected chi connectivity index (χ3v) is 3.95. The van der Waals surface area contributed by atoms with Crippen LogP contribution in [0.4, 0.5) is 0 Å². The molecule has 0 aromatic heterocycles. The molecule has 1 heterocycles. The fourth-order valence-electron chi connectivity index (χ4n) is 2.78. The van der Waals surface area contributed by atoms with Gasteiger partial charge >= 0.3 is 0 Å². The van der Waals surface area contributed by atoms with Crippen LogP contribution in [0.3, 0.4) is 0 Å². The molecule has 2 rings (SSSR count). The summed E-state index contributed by atoms with van der Waals surface area (Å²) in [6.45, 7) is 6.76. The molecule has 1 aromatic rings. The predicted octanol–water partition coefficient (Wildman–Crippen LogP) is 1.41. The Bertz CT molecular complexity index is 352. The Labute approximate surface area is 111 Å². The standard InChI is InChI=1S/C15H25N3/c1-13-10-18(11-14-7-5-4-6-8-14)12-15(9-16-2)17(13)3/h4-8,13,15-16H,9-12H2,1-3H3. The number of benzene rings is 1. The lowest BCUT2D eigenvalue weighted by molar-refractivity contribution is 0.0480. The highest BCUT2D eigenvalue weighted by Crippen LogP contribution is 2.15. The molecule has 0 spiro atoms. The van der Waals surface area contributed by atoms with Crippen LogP contribution in [-0.2, 0) is 6.54 Å². The van der Waals surface area contributed by atoms with E-state index in [-0.39, 0.29) is 0 Å². The van der Waals surface area contributed by atoms with E-state index in [0.29, 0.717) is 12.1 Å². The maximum atomic E-state index is 3.30. The summed E-state index contributed by atoms with van der Waals surface area (Å²) in [5, 5.41) is 3.30. The first-order valence-corrected chi connectivity index (χ1v) is 6.83. The Kier molecular flexibility index (Phi) is 4.75. The molecule has 2 atom stereocenters. The van der Waals surface area contributed by atoms with Crippen LogP contribution in [0.25, 0.3) is 0 Å². The van der Waals surface area contributed by atoms with Crippen LogP contribution in [0.5, 0.6) is 0 Å². The highest BCUT2D eigenvalue weighted by atomic mass is 15.3. The first kappa shape index (κ1) is 13.5. The molecule has 100 valence electrons. The quantitative estimate of drug-likeness (QED) is 0.868. The van der Waals surface area contributed by atoms with E-state index in [1.54, 1.807) is 0 Å². The van der Waals surface area contributed by atoms with E-state index in [4.69, 9.17) is 0 Å². The van der Waals surface area contributed by atoms with Crippen LogP contribution < -0.4 is 5.32 Å². The zero-order chi connectivity index (χ0) is 13.0. The van der Waals surface area contributed by atoms with Crippen molar-refractivity contribution >= 4 is 0 Å². The molecule has 1 N–H and O–H groups in total. The van der Waals surface area contributed by atoms with Crippen LogP contribution >= 0.6 is 0 Å². The van der Waals surface area contributed by atoms with Crippen LogP contribution in [0.1, 0.15) is 12.5 Å². The molecular formula is C15H25N3. The van der Waals surface area contributed by atoms with Crippen LogP contribution in [0.2, 0.25) is 0 Å². The summed E-state index contributed by atoms with van der Waals surface area (Å²) in [6.07, 6.45) is 0. The van der Waals surface area contributed by atoms with Crippen LogP contribution in [-0.4, -0.2) is 55.6 Å². The first-order valence-electron chi connectivity index (χ1n) is 6.83. The molecular weight excluding hydrogens is 222 g/mol. The van der Waals surface area contributed by atoms with E-state index in [0.717, 1.165) is 26.2 Å². The third-order valence-electron chi connectivity index (χ3n) is 3.95. The Hall–Kier alpha value is -0.900. The van der Waals surface area contributed by atoms with Gasteiger partial charge in [-0.05, 0) is 26.6 Å². The normalized spacial score (nSPS) is 26.4. The number of nitrogens with one attached hydrogen (secondary N) is 1. The molecule has 1 fully saturated rings. The molecule has 0 bridgehead atoms. The van der Waals surface area contributed by atoms with Crippen molar-refractivity contribution in [1.82, 2.24) is 15.1 Å². The van der Waals surface area contributed by atoms with Crippen molar-refractivity contribution in [2.75, 3.05) is 33.7 Å². The Morgan fingerprint density at radius 1 is 1.22 bits per heavy atom. The SMILES string of the molecule is CNCC1CN(Cc2ccccc2)CC(C)N1C. The number of hydrogen-bond acceptors (Lipinski definition) is 3. The van der Waals surface area contributed by atoms with E-state index in [9.17, 15) is 0 Å². The molecule has 1 aliphatic rings. The number of rotatable bonds is 4. The van der Waals surface area contributed by atoms with Gasteiger partial charge in [0.1, 0.15) is 0 Å². The van der Waals surface area contributed by atoms with Crippen molar-refractivity contribution in [2.45, 2.75) is 25.6 Å². The number of hydrogen-bond donors (Lipinski definition) is 1. The summed E-state index contributed by atoms with van der Waals surface area (Å²) in [7, 11) is 4.28. The number of nitrogens with zero attached hydrogens (tertiary/aromatic N) is 2. The average Bonchev–Trinajstić information content (AvgIpc) is 2.37. The molecule has 3 heteroatoms. The van der Waals surface area contributed by atoms with Gasteiger partial charge in [0.25, 0.3) is 0 Å². The second-order valence-electron chi connectivity index (χ2n) is 5.41. The van der Waals surface area contributed by atoms with Crippen molar-refractivity contribution in [1.29, 1.82) is 0 Å². The fraction of sp³-hybridized carbons (Fsp3) is 0.600. The maximum Gasteiger partial charge on any atom is 0.0348 e. The zero-order valence-corrected chi connectivity index (χ0v) is 11.8. The van der Waals surface area contributed by atoms with Gasteiger partial charge in [-0.3, -0.25) is 9.80 Å². The second kappa shape index (κ2) is 6.32. The molecule has 2 unspecified atom stereocenters. The van der Waals surface area contributed by atoms with Crippen molar-refractivity contribution in [2.24, 2.45) is 0 Å². The maximum absolute atomic E-state index is 3.30. The molecule has 0 radical (unpaired) electrons. The zero-order valence-electron chi connectivity index (χ0n) is 11.8. The first-order chi connectivity index (χ1) is 8.70. The summed E-state index contributed by atoms with van der Waals surface area (Å²) in [6, 6.07) is 12.0. The highest BCUT2D eigenvalue weighted by molar-refractivity contribution is 5.14. The summed E-state index contributed by atoms with van der Waals surface area (Å²) in [4.78, 5) is 5.07. The summed E-state index contributed by atoms with van der Waals surface area (Å²) in [5.74, 6) is 0. The van der Waals surface area contributed by atoms with Gasteiger partial charge < -0.3 is 5.32 Å². The topological polar surface area (TPSA) is 18.5 Å². The van der Waals surface area contributed by atoms with Crippen molar-refractivity contribution in [3.63, 3.8) is 0 Å².